The van der Waals surface area contributed by atoms with Gasteiger partial charge in [0.05, 0.1) is 5.71 Å². The van der Waals surface area contributed by atoms with Gasteiger partial charge in [0.15, 0.2) is 0 Å². The van der Waals surface area contributed by atoms with Crippen molar-refractivity contribution in [3.8, 4) is 0 Å². The molecule has 0 radical (unpaired) electrons. The lowest BCUT2D eigenvalue weighted by molar-refractivity contribution is 0.155. The molecule has 1 unspecified atom stereocenters. The van der Waals surface area contributed by atoms with Gasteiger partial charge in [-0.3, -0.25) is 9.89 Å². The third-order valence-electron chi connectivity index (χ3n) is 4.49. The van der Waals surface area contributed by atoms with Crippen molar-refractivity contribution < 1.29 is 4.74 Å². The first-order valence-corrected chi connectivity index (χ1v) is 9.03. The van der Waals surface area contributed by atoms with Crippen molar-refractivity contribution in [3.05, 3.63) is 24.0 Å². The van der Waals surface area contributed by atoms with Crippen molar-refractivity contribution in [2.45, 2.75) is 52.4 Å². The summed E-state index contributed by atoms with van der Waals surface area (Å²) in [5.41, 5.74) is 1.06. The molecular formula is C19H32N2O. The predicted molar refractivity (Wildman–Crippen MR) is 94.5 cm³/mol. The molecule has 0 spiro atoms. The fourth-order valence-electron chi connectivity index (χ4n) is 3.21. The Hall–Kier alpha value is -1.09. The summed E-state index contributed by atoms with van der Waals surface area (Å²) >= 11 is 0. The molecule has 0 aromatic carbocycles. The van der Waals surface area contributed by atoms with Crippen LogP contribution in [0.25, 0.3) is 0 Å². The highest BCUT2D eigenvalue weighted by Crippen LogP contribution is 2.18. The molecule has 22 heavy (non-hydrogen) atoms. The number of allylic oxidation sites excluding steroid dienone is 3. The highest BCUT2D eigenvalue weighted by molar-refractivity contribution is 5.96. The van der Waals surface area contributed by atoms with Crippen molar-refractivity contribution in [1.29, 1.82) is 0 Å². The zero-order valence-electron chi connectivity index (χ0n) is 14.4. The molecule has 2 rings (SSSR count). The number of hydrogen-bond acceptors (Lipinski definition) is 3. The molecule has 1 aliphatic carbocycles. The molecular weight excluding hydrogens is 272 g/mol. The van der Waals surface area contributed by atoms with Gasteiger partial charge < -0.3 is 4.74 Å². The number of aliphatic imine (C=N–C) groups is 1. The number of nitrogens with zero attached hydrogens (tertiary/aromatic N) is 2. The maximum Gasteiger partial charge on any atom is 0.136 e. The average molecular weight is 304 g/mol. The van der Waals surface area contributed by atoms with Gasteiger partial charge in [-0.1, -0.05) is 19.1 Å². The van der Waals surface area contributed by atoms with Crippen LogP contribution in [0.1, 0.15) is 52.4 Å². The van der Waals surface area contributed by atoms with Crippen molar-refractivity contribution >= 4 is 5.71 Å². The van der Waals surface area contributed by atoms with E-state index in [9.17, 15) is 0 Å². The maximum absolute atomic E-state index is 6.02. The van der Waals surface area contributed by atoms with Crippen LogP contribution in [0.4, 0.5) is 0 Å². The first-order chi connectivity index (χ1) is 10.8. The second kappa shape index (κ2) is 9.83. The Morgan fingerprint density at radius 1 is 1.32 bits per heavy atom. The molecule has 0 saturated carbocycles. The zero-order valence-corrected chi connectivity index (χ0v) is 14.4. The van der Waals surface area contributed by atoms with Crippen LogP contribution in [0.15, 0.2) is 29.0 Å². The molecule has 0 amide bonds. The lowest BCUT2D eigenvalue weighted by Gasteiger charge is -2.27. The summed E-state index contributed by atoms with van der Waals surface area (Å²) in [5.74, 6) is 1.73. The monoisotopic (exact) mass is 304 g/mol. The van der Waals surface area contributed by atoms with Gasteiger partial charge in [0, 0.05) is 19.6 Å². The smallest absolute Gasteiger partial charge is 0.136 e. The maximum atomic E-state index is 6.02. The second-order valence-electron chi connectivity index (χ2n) is 6.42. The van der Waals surface area contributed by atoms with E-state index in [1.54, 1.807) is 0 Å². The van der Waals surface area contributed by atoms with Gasteiger partial charge in [-0.15, -0.1) is 0 Å². The molecule has 0 fully saturated rings. The SMILES string of the molecule is CC/C=C1/OCCN(CC2C=CCCC2)CCCCN=C1C. The Kier molecular flexibility index (Phi) is 7.72. The van der Waals surface area contributed by atoms with E-state index >= 15 is 0 Å². The fourth-order valence-corrected chi connectivity index (χ4v) is 3.21. The molecule has 124 valence electrons. The molecule has 1 heterocycles. The van der Waals surface area contributed by atoms with Gasteiger partial charge in [-0.05, 0) is 64.0 Å². The minimum atomic E-state index is 0.738. The Labute approximate surface area is 136 Å². The molecule has 3 nitrogen and oxygen atoms in total. The van der Waals surface area contributed by atoms with Crippen LogP contribution in [0.3, 0.4) is 0 Å². The van der Waals surface area contributed by atoms with Crippen molar-refractivity contribution in [3.63, 3.8) is 0 Å². The summed E-state index contributed by atoms with van der Waals surface area (Å²) in [6.07, 6.45) is 14.3. The van der Waals surface area contributed by atoms with Gasteiger partial charge in [0.1, 0.15) is 12.4 Å². The zero-order chi connectivity index (χ0) is 15.6. The van der Waals surface area contributed by atoms with Crippen molar-refractivity contribution in [2.75, 3.05) is 32.8 Å². The first-order valence-electron chi connectivity index (χ1n) is 9.03. The highest BCUT2D eigenvalue weighted by atomic mass is 16.5. The standard InChI is InChI=1S/C19H32N2O/c1-3-9-19-17(2)20-12-7-8-13-21(14-15-22-19)16-18-10-5-4-6-11-18/h5,9-10,18H,3-4,6-8,11-16H2,1-2H3/b19-9+,20-17?. The number of ether oxygens (including phenoxy) is 1. The van der Waals surface area contributed by atoms with Crippen LogP contribution in [-0.4, -0.2) is 43.4 Å². The van der Waals surface area contributed by atoms with Crippen LogP contribution in [-0.2, 0) is 4.74 Å². The van der Waals surface area contributed by atoms with Gasteiger partial charge in [-0.2, -0.15) is 0 Å². The van der Waals surface area contributed by atoms with Crippen LogP contribution >= 0.6 is 0 Å². The predicted octanol–water partition coefficient (Wildman–Crippen LogP) is 4.21. The topological polar surface area (TPSA) is 24.8 Å². The normalized spacial score (nSPS) is 27.1. The number of rotatable bonds is 3. The van der Waals surface area contributed by atoms with Gasteiger partial charge >= 0.3 is 0 Å². The summed E-state index contributed by atoms with van der Waals surface area (Å²) in [5, 5.41) is 0. The summed E-state index contributed by atoms with van der Waals surface area (Å²) < 4.78 is 6.02. The third-order valence-corrected chi connectivity index (χ3v) is 4.49. The van der Waals surface area contributed by atoms with Crippen LogP contribution < -0.4 is 0 Å². The van der Waals surface area contributed by atoms with Gasteiger partial charge in [0.25, 0.3) is 0 Å². The van der Waals surface area contributed by atoms with E-state index in [1.165, 1.54) is 45.2 Å². The average Bonchev–Trinajstić information content (AvgIpc) is 2.57. The molecule has 0 saturated heterocycles. The summed E-state index contributed by atoms with van der Waals surface area (Å²) in [7, 11) is 0. The van der Waals surface area contributed by atoms with Crippen molar-refractivity contribution in [2.24, 2.45) is 10.9 Å². The van der Waals surface area contributed by atoms with E-state index in [4.69, 9.17) is 4.74 Å². The van der Waals surface area contributed by atoms with Gasteiger partial charge in [0.2, 0.25) is 0 Å². The first kappa shape index (κ1) is 17.3. The fraction of sp³-hybridized carbons (Fsp3) is 0.737. The minimum absolute atomic E-state index is 0.738. The van der Waals surface area contributed by atoms with E-state index in [0.717, 1.165) is 43.5 Å². The second-order valence-corrected chi connectivity index (χ2v) is 6.42. The lowest BCUT2D eigenvalue weighted by Crippen LogP contribution is -2.33. The highest BCUT2D eigenvalue weighted by Gasteiger charge is 2.15. The van der Waals surface area contributed by atoms with E-state index in [-0.39, 0.29) is 0 Å². The molecule has 1 aliphatic heterocycles. The summed E-state index contributed by atoms with van der Waals surface area (Å²) in [6.45, 7) is 9.31. The van der Waals surface area contributed by atoms with E-state index in [2.05, 4.69) is 42.0 Å². The quantitative estimate of drug-likeness (QED) is 0.730. The molecule has 0 aromatic heterocycles. The Morgan fingerprint density at radius 2 is 2.23 bits per heavy atom. The van der Waals surface area contributed by atoms with Gasteiger partial charge in [-0.25, -0.2) is 0 Å². The van der Waals surface area contributed by atoms with E-state index < -0.39 is 0 Å². The molecule has 2 aliphatic rings. The Morgan fingerprint density at radius 3 is 3.00 bits per heavy atom. The number of hydrogen-bond donors (Lipinski definition) is 0. The van der Waals surface area contributed by atoms with E-state index in [1.807, 2.05) is 0 Å². The van der Waals surface area contributed by atoms with Crippen LogP contribution in [0.5, 0.6) is 0 Å². The molecule has 3 heteroatoms. The van der Waals surface area contributed by atoms with Crippen molar-refractivity contribution in [1.82, 2.24) is 4.90 Å². The Bertz CT molecular complexity index is 412. The molecule has 0 aromatic rings. The molecule has 0 N–H and O–H groups in total. The molecule has 0 bridgehead atoms. The minimum Gasteiger partial charge on any atom is -0.491 e. The molecule has 1 atom stereocenters. The van der Waals surface area contributed by atoms with Crippen LogP contribution in [0.2, 0.25) is 0 Å². The Balaban J connectivity index is 1.91. The largest absolute Gasteiger partial charge is 0.491 e. The van der Waals surface area contributed by atoms with Crippen LogP contribution in [0, 0.1) is 5.92 Å². The van der Waals surface area contributed by atoms with E-state index in [0.29, 0.717) is 0 Å². The summed E-state index contributed by atoms with van der Waals surface area (Å²) in [4.78, 5) is 7.25. The summed E-state index contributed by atoms with van der Waals surface area (Å²) in [6, 6.07) is 0. The third kappa shape index (κ3) is 5.96. The lowest BCUT2D eigenvalue weighted by atomic mass is 9.95.